The lowest BCUT2D eigenvalue weighted by Crippen LogP contribution is -2.45. The Labute approximate surface area is 131 Å². The first-order chi connectivity index (χ1) is 9.71. The molecular weight excluding hydrogens is 318 g/mol. The number of nitrogens with one attached hydrogen (secondary N) is 1. The van der Waals surface area contributed by atoms with Gasteiger partial charge in [0.1, 0.15) is 0 Å². The number of halogens is 1. The van der Waals surface area contributed by atoms with E-state index in [1.165, 1.54) is 5.56 Å². The molecular formula is C16H26BrNO2. The Balaban J connectivity index is 2.75. The number of ether oxygens (including phenoxy) is 2. The van der Waals surface area contributed by atoms with E-state index in [0.29, 0.717) is 13.2 Å². The summed E-state index contributed by atoms with van der Waals surface area (Å²) in [5.41, 5.74) is 1.28. The Morgan fingerprint density at radius 3 is 2.40 bits per heavy atom. The minimum atomic E-state index is -0.199. The average molecular weight is 344 g/mol. The molecule has 0 radical (unpaired) electrons. The van der Waals surface area contributed by atoms with Gasteiger partial charge in [0.2, 0.25) is 0 Å². The van der Waals surface area contributed by atoms with Crippen molar-refractivity contribution in [3.63, 3.8) is 0 Å². The minimum Gasteiger partial charge on any atom is -0.351 e. The van der Waals surface area contributed by atoms with Crippen molar-refractivity contribution >= 4 is 15.9 Å². The molecule has 1 aromatic carbocycles. The van der Waals surface area contributed by atoms with Crippen LogP contribution in [0.5, 0.6) is 0 Å². The Hall–Kier alpha value is -0.420. The zero-order valence-electron chi connectivity index (χ0n) is 12.7. The second-order valence-electron chi connectivity index (χ2n) is 4.67. The molecule has 0 saturated carbocycles. The van der Waals surface area contributed by atoms with E-state index in [1.54, 1.807) is 0 Å². The van der Waals surface area contributed by atoms with Gasteiger partial charge in [0.15, 0.2) is 6.29 Å². The summed E-state index contributed by atoms with van der Waals surface area (Å²) in [6.45, 7) is 8.46. The molecule has 0 aliphatic carbocycles. The monoisotopic (exact) mass is 343 g/mol. The third-order valence-corrected chi connectivity index (χ3v) is 3.48. The van der Waals surface area contributed by atoms with Crippen LogP contribution in [0.2, 0.25) is 0 Å². The Kier molecular flexibility index (Phi) is 9.10. The zero-order chi connectivity index (χ0) is 14.8. The average Bonchev–Trinajstić information content (AvgIpc) is 2.43. The summed E-state index contributed by atoms with van der Waals surface area (Å²) in [6, 6.07) is 8.56. The maximum Gasteiger partial charge on any atom is 0.172 e. The first-order valence-electron chi connectivity index (χ1n) is 7.42. The SMILES string of the molecule is CCCNC(Cc1cccc(Br)c1)C(OCC)OCC. The molecule has 4 heteroatoms. The highest BCUT2D eigenvalue weighted by atomic mass is 79.9. The smallest absolute Gasteiger partial charge is 0.172 e. The van der Waals surface area contributed by atoms with Gasteiger partial charge in [-0.3, -0.25) is 0 Å². The number of hydrogen-bond acceptors (Lipinski definition) is 3. The Bertz CT molecular complexity index is 367. The standard InChI is InChI=1S/C16H26BrNO2/c1-4-10-18-15(16(19-5-2)20-6-3)12-13-8-7-9-14(17)11-13/h7-9,11,15-16,18H,4-6,10,12H2,1-3H3. The van der Waals surface area contributed by atoms with Crippen LogP contribution in [0.4, 0.5) is 0 Å². The van der Waals surface area contributed by atoms with Crippen LogP contribution in [-0.2, 0) is 15.9 Å². The van der Waals surface area contributed by atoms with Gasteiger partial charge in [-0.05, 0) is 50.9 Å². The van der Waals surface area contributed by atoms with Gasteiger partial charge < -0.3 is 14.8 Å². The van der Waals surface area contributed by atoms with Crippen LogP contribution in [0.25, 0.3) is 0 Å². The van der Waals surface area contributed by atoms with Crippen molar-refractivity contribution in [2.75, 3.05) is 19.8 Å². The van der Waals surface area contributed by atoms with Crippen LogP contribution in [0, 0.1) is 0 Å². The molecule has 20 heavy (non-hydrogen) atoms. The van der Waals surface area contributed by atoms with Crippen molar-refractivity contribution in [1.29, 1.82) is 0 Å². The Morgan fingerprint density at radius 2 is 1.85 bits per heavy atom. The van der Waals surface area contributed by atoms with Gasteiger partial charge in [-0.15, -0.1) is 0 Å². The predicted molar refractivity (Wildman–Crippen MR) is 87.0 cm³/mol. The van der Waals surface area contributed by atoms with Crippen LogP contribution >= 0.6 is 15.9 Å². The van der Waals surface area contributed by atoms with Gasteiger partial charge in [0.25, 0.3) is 0 Å². The fourth-order valence-corrected chi connectivity index (χ4v) is 2.57. The lowest BCUT2D eigenvalue weighted by molar-refractivity contribution is -0.153. The highest BCUT2D eigenvalue weighted by Gasteiger charge is 2.22. The molecule has 0 amide bonds. The van der Waals surface area contributed by atoms with Crippen molar-refractivity contribution in [3.05, 3.63) is 34.3 Å². The van der Waals surface area contributed by atoms with Gasteiger partial charge in [0, 0.05) is 17.7 Å². The molecule has 1 N–H and O–H groups in total. The van der Waals surface area contributed by atoms with Crippen LogP contribution in [0.1, 0.15) is 32.8 Å². The van der Waals surface area contributed by atoms with Crippen molar-refractivity contribution < 1.29 is 9.47 Å². The molecule has 0 aromatic heterocycles. The highest BCUT2D eigenvalue weighted by Crippen LogP contribution is 2.15. The molecule has 1 rings (SSSR count). The summed E-state index contributed by atoms with van der Waals surface area (Å²) in [4.78, 5) is 0. The summed E-state index contributed by atoms with van der Waals surface area (Å²) in [5.74, 6) is 0. The predicted octanol–water partition coefficient (Wildman–Crippen LogP) is 3.76. The highest BCUT2D eigenvalue weighted by molar-refractivity contribution is 9.10. The van der Waals surface area contributed by atoms with Crippen molar-refractivity contribution in [3.8, 4) is 0 Å². The molecule has 1 unspecified atom stereocenters. The molecule has 0 bridgehead atoms. The van der Waals surface area contributed by atoms with Gasteiger partial charge in [-0.1, -0.05) is 35.0 Å². The minimum absolute atomic E-state index is 0.171. The molecule has 0 fully saturated rings. The number of rotatable bonds is 10. The summed E-state index contributed by atoms with van der Waals surface area (Å²) in [5, 5.41) is 3.54. The van der Waals surface area contributed by atoms with Crippen LogP contribution in [0.3, 0.4) is 0 Å². The van der Waals surface area contributed by atoms with Crippen molar-refractivity contribution in [2.24, 2.45) is 0 Å². The lowest BCUT2D eigenvalue weighted by Gasteiger charge is -2.28. The Morgan fingerprint density at radius 1 is 1.15 bits per heavy atom. The molecule has 1 aromatic rings. The third-order valence-electron chi connectivity index (χ3n) is 2.99. The quantitative estimate of drug-likeness (QED) is 0.656. The second-order valence-corrected chi connectivity index (χ2v) is 5.59. The molecule has 0 saturated heterocycles. The lowest BCUT2D eigenvalue weighted by atomic mass is 10.1. The van der Waals surface area contributed by atoms with Gasteiger partial charge >= 0.3 is 0 Å². The normalized spacial score (nSPS) is 12.8. The number of hydrogen-bond donors (Lipinski definition) is 1. The summed E-state index contributed by atoms with van der Waals surface area (Å²) in [7, 11) is 0. The molecule has 114 valence electrons. The molecule has 1 atom stereocenters. The fourth-order valence-electron chi connectivity index (χ4n) is 2.12. The van der Waals surface area contributed by atoms with E-state index >= 15 is 0 Å². The zero-order valence-corrected chi connectivity index (χ0v) is 14.3. The van der Waals surface area contributed by atoms with E-state index < -0.39 is 0 Å². The second kappa shape index (κ2) is 10.3. The van der Waals surface area contributed by atoms with Gasteiger partial charge in [-0.25, -0.2) is 0 Å². The summed E-state index contributed by atoms with van der Waals surface area (Å²) in [6.07, 6.45) is 1.79. The maximum absolute atomic E-state index is 5.75. The van der Waals surface area contributed by atoms with E-state index in [9.17, 15) is 0 Å². The van der Waals surface area contributed by atoms with Gasteiger partial charge in [0.05, 0.1) is 6.04 Å². The first-order valence-corrected chi connectivity index (χ1v) is 8.21. The molecule has 3 nitrogen and oxygen atoms in total. The largest absolute Gasteiger partial charge is 0.351 e. The van der Waals surface area contributed by atoms with E-state index in [1.807, 2.05) is 19.9 Å². The van der Waals surface area contributed by atoms with Crippen molar-refractivity contribution in [1.82, 2.24) is 5.32 Å². The van der Waals surface area contributed by atoms with E-state index in [4.69, 9.17) is 9.47 Å². The van der Waals surface area contributed by atoms with E-state index in [-0.39, 0.29) is 12.3 Å². The fraction of sp³-hybridized carbons (Fsp3) is 0.625. The summed E-state index contributed by atoms with van der Waals surface area (Å²) < 4.78 is 12.6. The molecule has 0 heterocycles. The molecule has 0 spiro atoms. The van der Waals surface area contributed by atoms with Crippen LogP contribution < -0.4 is 5.32 Å². The van der Waals surface area contributed by atoms with E-state index in [2.05, 4.69) is 46.4 Å². The number of benzene rings is 1. The third kappa shape index (κ3) is 6.35. The molecule has 0 aliphatic heterocycles. The van der Waals surface area contributed by atoms with Crippen molar-refractivity contribution in [2.45, 2.75) is 45.9 Å². The van der Waals surface area contributed by atoms with E-state index in [0.717, 1.165) is 23.9 Å². The first kappa shape index (κ1) is 17.6. The molecule has 0 aliphatic rings. The van der Waals surface area contributed by atoms with Crippen LogP contribution in [0.15, 0.2) is 28.7 Å². The van der Waals surface area contributed by atoms with Crippen LogP contribution in [-0.4, -0.2) is 32.1 Å². The van der Waals surface area contributed by atoms with Gasteiger partial charge in [-0.2, -0.15) is 0 Å². The topological polar surface area (TPSA) is 30.5 Å². The summed E-state index contributed by atoms with van der Waals surface area (Å²) >= 11 is 3.52. The maximum atomic E-state index is 5.75.